The lowest BCUT2D eigenvalue weighted by Crippen LogP contribution is -2.20. The van der Waals surface area contributed by atoms with Crippen LogP contribution in [0.15, 0.2) is 29.4 Å². The average Bonchev–Trinajstić information content (AvgIpc) is 2.33. The van der Waals surface area contributed by atoms with Crippen molar-refractivity contribution in [3.8, 4) is 0 Å². The zero-order chi connectivity index (χ0) is 15.0. The Labute approximate surface area is 133 Å². The number of carbonyl (C=O) groups is 1. The van der Waals surface area contributed by atoms with Crippen LogP contribution in [0.25, 0.3) is 0 Å². The summed E-state index contributed by atoms with van der Waals surface area (Å²) in [5, 5.41) is 6.79. The maximum absolute atomic E-state index is 11.4. The third-order valence-corrected chi connectivity index (χ3v) is 2.62. The highest BCUT2D eigenvalue weighted by molar-refractivity contribution is 6.74. The van der Waals surface area contributed by atoms with Gasteiger partial charge in [0.2, 0.25) is 9.70 Å². The van der Waals surface area contributed by atoms with E-state index in [4.69, 9.17) is 34.8 Å². The first-order valence-corrected chi connectivity index (χ1v) is 7.20. The molecule has 2 N–H and O–H groups in total. The number of amides is 1. The van der Waals surface area contributed by atoms with Gasteiger partial charge in [0.05, 0.1) is 6.21 Å². The Balaban J connectivity index is 2.18. The highest BCUT2D eigenvalue weighted by atomic mass is 35.6. The number of alkyl halides is 3. The molecule has 110 valence electrons. The second kappa shape index (κ2) is 8.35. The maximum atomic E-state index is 11.4. The Kier molecular flexibility index (Phi) is 7.13. The molecule has 0 saturated carbocycles. The minimum atomic E-state index is -1.60. The Morgan fingerprint density at radius 1 is 1.40 bits per heavy atom. The molecule has 0 bridgehead atoms. The normalized spacial score (nSPS) is 11.6. The van der Waals surface area contributed by atoms with Crippen molar-refractivity contribution in [3.63, 3.8) is 0 Å². The maximum Gasteiger partial charge on any atom is 0.240 e. The number of carbonyl (C=O) groups excluding carboxylic acids is 1. The van der Waals surface area contributed by atoms with Crippen molar-refractivity contribution in [2.45, 2.75) is 23.6 Å². The number of halogens is 3. The molecule has 1 aromatic carbocycles. The van der Waals surface area contributed by atoms with Crippen LogP contribution >= 0.6 is 34.8 Å². The van der Waals surface area contributed by atoms with Crippen LogP contribution in [-0.4, -0.2) is 22.5 Å². The molecule has 0 aromatic heterocycles. The summed E-state index contributed by atoms with van der Waals surface area (Å²) in [6.45, 7) is 2.73. The summed E-state index contributed by atoms with van der Waals surface area (Å²) in [7, 11) is 0. The highest BCUT2D eigenvalue weighted by Crippen LogP contribution is 2.22. The van der Waals surface area contributed by atoms with Gasteiger partial charge in [-0.2, -0.15) is 5.10 Å². The van der Waals surface area contributed by atoms with E-state index in [1.165, 1.54) is 5.56 Å². The van der Waals surface area contributed by atoms with Gasteiger partial charge in [0.1, 0.15) is 0 Å². The molecular formula is C13H16Cl3N3O. The Morgan fingerprint density at radius 2 is 2.15 bits per heavy atom. The molecular weight excluding hydrogens is 321 g/mol. The molecule has 0 radical (unpaired) electrons. The van der Waals surface area contributed by atoms with Gasteiger partial charge in [-0.25, -0.2) is 5.43 Å². The molecule has 0 heterocycles. The van der Waals surface area contributed by atoms with Crippen molar-refractivity contribution in [3.05, 3.63) is 29.8 Å². The number of rotatable bonds is 6. The number of aryl methyl sites for hydroxylation is 1. The number of nitrogens with one attached hydrogen (secondary N) is 2. The SMILES string of the molecule is Cc1cccc(NCCCC(=O)N/N=C\C(Cl)(Cl)Cl)c1. The number of hydrazone groups is 1. The first-order valence-electron chi connectivity index (χ1n) is 6.07. The van der Waals surface area contributed by atoms with Gasteiger partial charge >= 0.3 is 0 Å². The molecule has 1 amide bonds. The van der Waals surface area contributed by atoms with Gasteiger partial charge in [-0.1, -0.05) is 46.9 Å². The summed E-state index contributed by atoms with van der Waals surface area (Å²) in [6.07, 6.45) is 2.07. The van der Waals surface area contributed by atoms with Crippen LogP contribution in [0.2, 0.25) is 0 Å². The first-order chi connectivity index (χ1) is 9.37. The minimum absolute atomic E-state index is 0.221. The van der Waals surface area contributed by atoms with Crippen molar-refractivity contribution >= 4 is 52.6 Å². The Morgan fingerprint density at radius 3 is 2.80 bits per heavy atom. The van der Waals surface area contributed by atoms with Crippen molar-refractivity contribution in [1.82, 2.24) is 5.43 Å². The smallest absolute Gasteiger partial charge is 0.240 e. The standard InChI is InChI=1S/C13H16Cl3N3O/c1-10-4-2-5-11(8-10)17-7-3-6-12(20)19-18-9-13(14,15)16/h2,4-5,8-9,17H,3,6-7H2,1H3,(H,19,20)/b18-9-. The van der Waals surface area contributed by atoms with Crippen LogP contribution in [-0.2, 0) is 4.79 Å². The molecule has 1 aromatic rings. The lowest BCUT2D eigenvalue weighted by Gasteiger charge is -2.06. The lowest BCUT2D eigenvalue weighted by molar-refractivity contribution is -0.121. The van der Waals surface area contributed by atoms with Crippen molar-refractivity contribution in [2.24, 2.45) is 5.10 Å². The largest absolute Gasteiger partial charge is 0.385 e. The molecule has 20 heavy (non-hydrogen) atoms. The van der Waals surface area contributed by atoms with Crippen molar-refractivity contribution in [2.75, 3.05) is 11.9 Å². The van der Waals surface area contributed by atoms with Crippen LogP contribution in [0.1, 0.15) is 18.4 Å². The van der Waals surface area contributed by atoms with Gasteiger partial charge in [0.25, 0.3) is 0 Å². The third-order valence-electron chi connectivity index (χ3n) is 2.33. The molecule has 0 saturated heterocycles. The number of anilines is 1. The second-order valence-electron chi connectivity index (χ2n) is 4.23. The number of hydrogen-bond donors (Lipinski definition) is 2. The Hall–Kier alpha value is -0.970. The van der Waals surface area contributed by atoms with Gasteiger partial charge < -0.3 is 5.32 Å². The quantitative estimate of drug-likeness (QED) is 0.360. The van der Waals surface area contributed by atoms with Crippen LogP contribution in [0, 0.1) is 6.92 Å². The van der Waals surface area contributed by atoms with E-state index < -0.39 is 3.79 Å². The number of hydrogen-bond acceptors (Lipinski definition) is 3. The van der Waals surface area contributed by atoms with E-state index in [0.29, 0.717) is 19.4 Å². The van der Waals surface area contributed by atoms with Gasteiger partial charge in [0.15, 0.2) is 0 Å². The van der Waals surface area contributed by atoms with Crippen molar-refractivity contribution < 1.29 is 4.79 Å². The van der Waals surface area contributed by atoms with E-state index in [2.05, 4.69) is 15.8 Å². The van der Waals surface area contributed by atoms with Crippen molar-refractivity contribution in [1.29, 1.82) is 0 Å². The predicted octanol–water partition coefficient (Wildman–Crippen LogP) is 3.66. The zero-order valence-corrected chi connectivity index (χ0v) is 13.3. The van der Waals surface area contributed by atoms with E-state index in [9.17, 15) is 4.79 Å². The fourth-order valence-corrected chi connectivity index (χ4v) is 1.62. The van der Waals surface area contributed by atoms with Crippen LogP contribution < -0.4 is 10.7 Å². The molecule has 0 aliphatic rings. The van der Waals surface area contributed by atoms with Gasteiger partial charge in [-0.05, 0) is 31.0 Å². The molecule has 7 heteroatoms. The topological polar surface area (TPSA) is 53.5 Å². The number of nitrogens with zero attached hydrogens (tertiary/aromatic N) is 1. The molecule has 0 atom stereocenters. The Bertz CT molecular complexity index is 472. The molecule has 1 rings (SSSR count). The van der Waals surface area contributed by atoms with Crippen LogP contribution in [0.4, 0.5) is 5.69 Å². The van der Waals surface area contributed by atoms with E-state index in [1.54, 1.807) is 0 Å². The summed E-state index contributed by atoms with van der Waals surface area (Å²) in [5.74, 6) is -0.221. The first kappa shape index (κ1) is 17.1. The molecule has 0 aliphatic carbocycles. The molecule has 0 unspecified atom stereocenters. The average molecular weight is 337 g/mol. The molecule has 0 fully saturated rings. The van der Waals surface area contributed by atoms with E-state index in [-0.39, 0.29) is 5.91 Å². The molecule has 0 aliphatic heterocycles. The zero-order valence-electron chi connectivity index (χ0n) is 11.0. The summed E-state index contributed by atoms with van der Waals surface area (Å²) in [5.41, 5.74) is 4.53. The van der Waals surface area contributed by atoms with Crippen LogP contribution in [0.5, 0.6) is 0 Å². The lowest BCUT2D eigenvalue weighted by atomic mass is 10.2. The minimum Gasteiger partial charge on any atom is -0.385 e. The monoisotopic (exact) mass is 335 g/mol. The number of benzene rings is 1. The fourth-order valence-electron chi connectivity index (χ4n) is 1.47. The molecule has 4 nitrogen and oxygen atoms in total. The van der Waals surface area contributed by atoms with Gasteiger partial charge in [-0.3, -0.25) is 4.79 Å². The predicted molar refractivity (Wildman–Crippen MR) is 85.8 cm³/mol. The van der Waals surface area contributed by atoms with Gasteiger partial charge in [-0.15, -0.1) is 0 Å². The summed E-state index contributed by atoms with van der Waals surface area (Å²) < 4.78 is -1.60. The summed E-state index contributed by atoms with van der Waals surface area (Å²) in [4.78, 5) is 11.4. The second-order valence-corrected chi connectivity index (χ2v) is 6.60. The van der Waals surface area contributed by atoms with Crippen LogP contribution in [0.3, 0.4) is 0 Å². The van der Waals surface area contributed by atoms with E-state index in [0.717, 1.165) is 11.9 Å². The third kappa shape index (κ3) is 8.25. The van der Waals surface area contributed by atoms with Gasteiger partial charge in [0, 0.05) is 18.7 Å². The molecule has 0 spiro atoms. The summed E-state index contributed by atoms with van der Waals surface area (Å²) in [6, 6.07) is 8.04. The summed E-state index contributed by atoms with van der Waals surface area (Å²) >= 11 is 16.3. The van der Waals surface area contributed by atoms with E-state index >= 15 is 0 Å². The highest BCUT2D eigenvalue weighted by Gasteiger charge is 2.15. The van der Waals surface area contributed by atoms with E-state index in [1.807, 2.05) is 31.2 Å². The fraction of sp³-hybridized carbons (Fsp3) is 0.385.